The Morgan fingerprint density at radius 2 is 1.56 bits per heavy atom. The molecule has 0 radical (unpaired) electrons. The summed E-state index contributed by atoms with van der Waals surface area (Å²) in [4.78, 5) is 39.9. The van der Waals surface area contributed by atoms with Crippen LogP contribution in [0.2, 0.25) is 0 Å². The number of aromatic nitrogens is 2. The van der Waals surface area contributed by atoms with Crippen LogP contribution in [0.5, 0.6) is 0 Å². The second-order valence-corrected chi connectivity index (χ2v) is 8.34. The zero-order valence-corrected chi connectivity index (χ0v) is 18.5. The summed E-state index contributed by atoms with van der Waals surface area (Å²) < 4.78 is 3.25. The first-order chi connectivity index (χ1) is 15.6. The quantitative estimate of drug-likeness (QED) is 0.621. The molecule has 168 valence electrons. The van der Waals surface area contributed by atoms with Gasteiger partial charge >= 0.3 is 5.69 Å². The van der Waals surface area contributed by atoms with Gasteiger partial charge in [0, 0.05) is 31.7 Å². The maximum atomic E-state index is 12.8. The van der Waals surface area contributed by atoms with Crippen LogP contribution in [-0.2, 0) is 24.4 Å². The Bertz CT molecular complexity index is 1150. The van der Waals surface area contributed by atoms with Gasteiger partial charge in [0.1, 0.15) is 6.54 Å². The molecule has 7 heteroatoms. The number of hydrogen-bond donors (Lipinski definition) is 1. The monoisotopic (exact) mass is 434 g/mol. The molecule has 1 N–H and O–H groups in total. The maximum Gasteiger partial charge on any atom is 0.329 e. The normalized spacial score (nSPS) is 14.0. The van der Waals surface area contributed by atoms with E-state index >= 15 is 0 Å². The Labute approximate surface area is 187 Å². The van der Waals surface area contributed by atoms with Gasteiger partial charge in [0.15, 0.2) is 0 Å². The number of imidazole rings is 1. The lowest BCUT2D eigenvalue weighted by Crippen LogP contribution is -2.35. The van der Waals surface area contributed by atoms with E-state index < -0.39 is 0 Å². The van der Waals surface area contributed by atoms with E-state index in [1.165, 1.54) is 11.0 Å². The summed E-state index contributed by atoms with van der Waals surface area (Å²) >= 11 is 0. The SMILES string of the molecule is CCCn1c(=O)n(CC(=O)NCc2ccc(C(=O)N3CCCCC3)cc2)c2ccccc21. The van der Waals surface area contributed by atoms with Gasteiger partial charge in [0.2, 0.25) is 5.91 Å². The van der Waals surface area contributed by atoms with Crippen LogP contribution in [0.25, 0.3) is 11.0 Å². The lowest BCUT2D eigenvalue weighted by molar-refractivity contribution is -0.121. The molecule has 3 aromatic rings. The van der Waals surface area contributed by atoms with Crippen molar-refractivity contribution in [2.75, 3.05) is 13.1 Å². The Morgan fingerprint density at radius 1 is 0.906 bits per heavy atom. The molecule has 0 unspecified atom stereocenters. The number of carbonyl (C=O) groups is 2. The first-order valence-electron chi connectivity index (χ1n) is 11.4. The minimum Gasteiger partial charge on any atom is -0.350 e. The van der Waals surface area contributed by atoms with Gasteiger partial charge in [-0.05, 0) is 55.5 Å². The zero-order chi connectivity index (χ0) is 22.5. The number of piperidine rings is 1. The number of rotatable bonds is 7. The molecule has 0 atom stereocenters. The first-order valence-corrected chi connectivity index (χ1v) is 11.4. The molecule has 0 bridgehead atoms. The summed E-state index contributed by atoms with van der Waals surface area (Å²) in [6, 6.07) is 14.9. The van der Waals surface area contributed by atoms with Gasteiger partial charge in [-0.3, -0.25) is 18.7 Å². The standard InChI is InChI=1S/C25H30N4O3/c1-2-14-28-21-8-4-5-9-22(21)29(25(28)32)18-23(30)26-17-19-10-12-20(13-11-19)24(31)27-15-6-3-7-16-27/h4-5,8-13H,2-3,6-7,14-18H2,1H3,(H,26,30). The summed E-state index contributed by atoms with van der Waals surface area (Å²) in [5, 5.41) is 2.89. The van der Waals surface area contributed by atoms with Gasteiger partial charge in [-0.1, -0.05) is 31.2 Å². The molecule has 2 aromatic carbocycles. The predicted octanol–water partition coefficient (Wildman–Crippen LogP) is 3.16. The third-order valence-corrected chi connectivity index (χ3v) is 6.01. The predicted molar refractivity (Wildman–Crippen MR) is 125 cm³/mol. The number of carbonyl (C=O) groups excluding carboxylic acids is 2. The van der Waals surface area contributed by atoms with Gasteiger partial charge in [0.05, 0.1) is 11.0 Å². The van der Waals surface area contributed by atoms with Gasteiger partial charge in [0.25, 0.3) is 5.91 Å². The van der Waals surface area contributed by atoms with Crippen LogP contribution >= 0.6 is 0 Å². The second-order valence-electron chi connectivity index (χ2n) is 8.34. The molecule has 2 amide bonds. The highest BCUT2D eigenvalue weighted by molar-refractivity contribution is 5.94. The molecular formula is C25H30N4O3. The zero-order valence-electron chi connectivity index (χ0n) is 18.5. The summed E-state index contributed by atoms with van der Waals surface area (Å²) in [7, 11) is 0. The van der Waals surface area contributed by atoms with E-state index in [0.717, 1.165) is 48.9 Å². The number of benzene rings is 2. The fourth-order valence-corrected chi connectivity index (χ4v) is 4.31. The number of fused-ring (bicyclic) bond motifs is 1. The molecule has 1 saturated heterocycles. The van der Waals surface area contributed by atoms with Crippen LogP contribution < -0.4 is 11.0 Å². The fourth-order valence-electron chi connectivity index (χ4n) is 4.31. The van der Waals surface area contributed by atoms with E-state index in [1.807, 2.05) is 60.4 Å². The first kappa shape index (κ1) is 21.9. The molecule has 4 rings (SSSR count). The van der Waals surface area contributed by atoms with E-state index in [1.54, 1.807) is 4.57 Å². The van der Waals surface area contributed by atoms with E-state index in [4.69, 9.17) is 0 Å². The van der Waals surface area contributed by atoms with E-state index in [2.05, 4.69) is 5.32 Å². The number of aryl methyl sites for hydroxylation is 1. The summed E-state index contributed by atoms with van der Waals surface area (Å²) in [5.41, 5.74) is 3.04. The van der Waals surface area contributed by atoms with E-state index in [9.17, 15) is 14.4 Å². The third-order valence-electron chi connectivity index (χ3n) is 6.01. The smallest absolute Gasteiger partial charge is 0.329 e. The van der Waals surface area contributed by atoms with Crippen LogP contribution in [0.15, 0.2) is 53.3 Å². The lowest BCUT2D eigenvalue weighted by Gasteiger charge is -2.26. The highest BCUT2D eigenvalue weighted by Gasteiger charge is 2.18. The highest BCUT2D eigenvalue weighted by atomic mass is 16.2. The fraction of sp³-hybridized carbons (Fsp3) is 0.400. The molecule has 32 heavy (non-hydrogen) atoms. The lowest BCUT2D eigenvalue weighted by atomic mass is 10.1. The van der Waals surface area contributed by atoms with Crippen LogP contribution in [0.1, 0.15) is 48.5 Å². The van der Waals surface area contributed by atoms with Crippen LogP contribution in [0.3, 0.4) is 0 Å². The van der Waals surface area contributed by atoms with E-state index in [0.29, 0.717) is 18.7 Å². The Kier molecular flexibility index (Phi) is 6.73. The van der Waals surface area contributed by atoms with Gasteiger partial charge in [-0.2, -0.15) is 0 Å². The molecule has 1 aliphatic heterocycles. The van der Waals surface area contributed by atoms with Crippen molar-refractivity contribution in [2.45, 2.75) is 52.2 Å². The van der Waals surface area contributed by atoms with Gasteiger partial charge in [-0.15, -0.1) is 0 Å². The minimum absolute atomic E-state index is 0.0262. The Balaban J connectivity index is 1.39. The largest absolute Gasteiger partial charge is 0.350 e. The number of para-hydroxylation sites is 2. The van der Waals surface area contributed by atoms with E-state index in [-0.39, 0.29) is 24.0 Å². The highest BCUT2D eigenvalue weighted by Crippen LogP contribution is 2.15. The van der Waals surface area contributed by atoms with Crippen LogP contribution in [0, 0.1) is 0 Å². The third kappa shape index (κ3) is 4.61. The van der Waals surface area contributed by atoms with Crippen molar-refractivity contribution < 1.29 is 9.59 Å². The number of nitrogens with zero attached hydrogens (tertiary/aromatic N) is 3. The van der Waals surface area contributed by atoms with Crippen molar-refractivity contribution in [3.8, 4) is 0 Å². The molecule has 2 heterocycles. The Hall–Kier alpha value is -3.35. The summed E-state index contributed by atoms with van der Waals surface area (Å²) in [6.07, 6.45) is 4.16. The molecule has 7 nitrogen and oxygen atoms in total. The molecular weight excluding hydrogens is 404 g/mol. The van der Waals surface area contributed by atoms with Crippen molar-refractivity contribution in [3.63, 3.8) is 0 Å². The number of hydrogen-bond acceptors (Lipinski definition) is 3. The van der Waals surface area contributed by atoms with Crippen LogP contribution in [-0.4, -0.2) is 38.9 Å². The van der Waals surface area contributed by atoms with Crippen molar-refractivity contribution in [1.29, 1.82) is 0 Å². The molecule has 1 aliphatic rings. The van der Waals surface area contributed by atoms with Crippen molar-refractivity contribution >= 4 is 22.8 Å². The van der Waals surface area contributed by atoms with Crippen molar-refractivity contribution in [3.05, 3.63) is 70.1 Å². The van der Waals surface area contributed by atoms with Crippen molar-refractivity contribution in [2.24, 2.45) is 0 Å². The minimum atomic E-state index is -0.222. The number of nitrogens with one attached hydrogen (secondary N) is 1. The average molecular weight is 435 g/mol. The maximum absolute atomic E-state index is 12.8. The number of amides is 2. The molecule has 0 saturated carbocycles. The molecule has 0 aliphatic carbocycles. The average Bonchev–Trinajstić information content (AvgIpc) is 3.09. The molecule has 1 fully saturated rings. The summed E-state index contributed by atoms with van der Waals surface area (Å²) in [5.74, 6) is -0.150. The van der Waals surface area contributed by atoms with Crippen molar-refractivity contribution in [1.82, 2.24) is 19.4 Å². The van der Waals surface area contributed by atoms with Gasteiger partial charge < -0.3 is 10.2 Å². The topological polar surface area (TPSA) is 76.3 Å². The van der Waals surface area contributed by atoms with Gasteiger partial charge in [-0.25, -0.2) is 4.79 Å². The molecule has 0 spiro atoms. The van der Waals surface area contributed by atoms with Crippen LogP contribution in [0.4, 0.5) is 0 Å². The number of likely N-dealkylation sites (tertiary alicyclic amines) is 1. The second kappa shape index (κ2) is 9.85. The molecule has 1 aromatic heterocycles. The summed E-state index contributed by atoms with van der Waals surface area (Å²) in [6.45, 7) is 4.61. The Morgan fingerprint density at radius 3 is 2.22 bits per heavy atom.